The van der Waals surface area contributed by atoms with Gasteiger partial charge in [0.15, 0.2) is 5.76 Å². The molecule has 9 nitrogen and oxygen atoms in total. The van der Waals surface area contributed by atoms with Crippen molar-refractivity contribution < 1.29 is 27.8 Å². The average Bonchev–Trinajstić information content (AvgIpc) is 3.66. The number of hydrogen-bond donors (Lipinski definition) is 1. The van der Waals surface area contributed by atoms with Crippen LogP contribution in [0.1, 0.15) is 21.5 Å². The fraction of sp³-hybridized carbons (Fsp3) is 0.138. The molecule has 6 rings (SSSR count). The Morgan fingerprint density at radius 2 is 1.98 bits per heavy atom. The number of methoxy groups -OCH3 is 2. The number of furan rings is 1. The molecule has 0 fully saturated rings. The molecule has 3 aromatic heterocycles. The maximum absolute atomic E-state index is 13.7. The summed E-state index contributed by atoms with van der Waals surface area (Å²) in [5.74, 6) is 0.849. The fourth-order valence-corrected chi connectivity index (χ4v) is 4.97. The molecule has 6 aromatic rings. The van der Waals surface area contributed by atoms with Gasteiger partial charge in [0.2, 0.25) is 4.96 Å². The summed E-state index contributed by atoms with van der Waals surface area (Å²) in [7, 11) is 3.14. The van der Waals surface area contributed by atoms with Gasteiger partial charge in [-0.25, -0.2) is 13.9 Å². The number of benzene rings is 3. The minimum Gasteiger partial charge on any atom is -0.496 e. The normalized spacial score (nSPS) is 11.2. The van der Waals surface area contributed by atoms with Gasteiger partial charge < -0.3 is 23.9 Å². The van der Waals surface area contributed by atoms with Gasteiger partial charge in [-0.1, -0.05) is 18.2 Å². The highest BCUT2D eigenvalue weighted by atomic mass is 32.1. The Kier molecular flexibility index (Phi) is 6.56. The van der Waals surface area contributed by atoms with Gasteiger partial charge in [0.25, 0.3) is 11.1 Å². The number of carbonyl (C=O) groups is 1. The predicted octanol–water partition coefficient (Wildman–Crippen LogP) is 6.50. The highest BCUT2D eigenvalue weighted by molar-refractivity contribution is 7.18. The molecule has 0 spiro atoms. The lowest BCUT2D eigenvalue weighted by molar-refractivity contribution is 0.102. The Morgan fingerprint density at radius 3 is 2.77 bits per heavy atom. The van der Waals surface area contributed by atoms with Gasteiger partial charge in [0, 0.05) is 23.4 Å². The summed E-state index contributed by atoms with van der Waals surface area (Å²) in [4.78, 5) is 18.0. The Balaban J connectivity index is 1.23. The van der Waals surface area contributed by atoms with Crippen molar-refractivity contribution in [2.75, 3.05) is 19.5 Å². The van der Waals surface area contributed by atoms with Crippen molar-refractivity contribution in [3.8, 4) is 28.1 Å². The SMILES string of the molecule is COc1cc(OCc2cccc(NC(=O)c3cc(F)ccc3C)c2)c2cc(-c3cn4nc(OC)sc4n3)oc2c1. The number of halogens is 1. The summed E-state index contributed by atoms with van der Waals surface area (Å²) in [5, 5.41) is 8.42. The summed E-state index contributed by atoms with van der Waals surface area (Å²) in [6.07, 6.45) is 1.77. The second kappa shape index (κ2) is 10.3. The van der Waals surface area contributed by atoms with E-state index in [-0.39, 0.29) is 18.1 Å². The molecule has 3 heterocycles. The van der Waals surface area contributed by atoms with E-state index in [0.717, 1.165) is 10.9 Å². The largest absolute Gasteiger partial charge is 0.496 e. The molecule has 0 unspecified atom stereocenters. The Bertz CT molecular complexity index is 1840. The van der Waals surface area contributed by atoms with Gasteiger partial charge in [-0.2, -0.15) is 0 Å². The smallest absolute Gasteiger partial charge is 0.294 e. The van der Waals surface area contributed by atoms with Crippen LogP contribution in [0, 0.1) is 12.7 Å². The molecule has 0 aliphatic heterocycles. The average molecular weight is 559 g/mol. The molecule has 0 aliphatic rings. The van der Waals surface area contributed by atoms with Crippen molar-refractivity contribution in [1.82, 2.24) is 14.6 Å². The van der Waals surface area contributed by atoms with Crippen LogP contribution in [0.25, 0.3) is 27.4 Å². The van der Waals surface area contributed by atoms with Crippen LogP contribution in [0.4, 0.5) is 10.1 Å². The van der Waals surface area contributed by atoms with Crippen LogP contribution in [0.3, 0.4) is 0 Å². The number of carbonyl (C=O) groups excluding carboxylic acids is 1. The molecule has 11 heteroatoms. The van der Waals surface area contributed by atoms with Crippen LogP contribution in [-0.2, 0) is 6.61 Å². The highest BCUT2D eigenvalue weighted by Crippen LogP contribution is 2.37. The number of nitrogens with zero attached hydrogens (tertiary/aromatic N) is 3. The molecule has 0 radical (unpaired) electrons. The van der Waals surface area contributed by atoms with Crippen molar-refractivity contribution in [1.29, 1.82) is 0 Å². The lowest BCUT2D eigenvalue weighted by Gasteiger charge is -2.11. The zero-order chi connectivity index (χ0) is 27.8. The third kappa shape index (κ3) is 4.94. The second-order valence-corrected chi connectivity index (χ2v) is 9.89. The number of ether oxygens (including phenoxy) is 3. The van der Waals surface area contributed by atoms with E-state index in [1.807, 2.05) is 24.3 Å². The fourth-order valence-electron chi connectivity index (χ4n) is 4.27. The molecule has 0 aliphatic carbocycles. The summed E-state index contributed by atoms with van der Waals surface area (Å²) >= 11 is 1.33. The Labute approximate surface area is 231 Å². The first-order valence-electron chi connectivity index (χ1n) is 12.2. The lowest BCUT2D eigenvalue weighted by Crippen LogP contribution is -2.14. The molecule has 0 saturated heterocycles. The molecule has 202 valence electrons. The molecule has 40 heavy (non-hydrogen) atoms. The summed E-state index contributed by atoms with van der Waals surface area (Å²) in [6.45, 7) is 1.98. The van der Waals surface area contributed by atoms with E-state index < -0.39 is 5.82 Å². The molecule has 1 N–H and O–H groups in total. The number of nitrogens with one attached hydrogen (secondary N) is 1. The van der Waals surface area contributed by atoms with Crippen molar-refractivity contribution in [3.05, 3.63) is 89.4 Å². The number of fused-ring (bicyclic) bond motifs is 2. The van der Waals surface area contributed by atoms with Crippen LogP contribution >= 0.6 is 11.3 Å². The summed E-state index contributed by atoms with van der Waals surface area (Å²) in [5.41, 5.74) is 3.57. The molecule has 3 aromatic carbocycles. The molecular weight excluding hydrogens is 535 g/mol. The van der Waals surface area contributed by atoms with Gasteiger partial charge in [-0.15, -0.1) is 5.10 Å². The van der Waals surface area contributed by atoms with Crippen LogP contribution in [0.2, 0.25) is 0 Å². The summed E-state index contributed by atoms with van der Waals surface area (Å²) < 4.78 is 38.2. The molecule has 0 atom stereocenters. The molecule has 1 amide bonds. The Hall–Kier alpha value is -4.90. The lowest BCUT2D eigenvalue weighted by atomic mass is 10.1. The van der Waals surface area contributed by atoms with Gasteiger partial charge in [-0.05, 0) is 59.7 Å². The monoisotopic (exact) mass is 558 g/mol. The number of imidazole rings is 1. The quantitative estimate of drug-likeness (QED) is 0.228. The number of hydrogen-bond acceptors (Lipinski definition) is 8. The predicted molar refractivity (Wildman–Crippen MR) is 149 cm³/mol. The zero-order valence-electron chi connectivity index (χ0n) is 21.7. The minimum atomic E-state index is -0.463. The minimum absolute atomic E-state index is 0.218. The topological polar surface area (TPSA) is 100 Å². The standard InChI is InChI=1S/C29H23FN4O5S/c1-16-7-8-18(30)10-21(16)27(35)31-19-6-4-5-17(9-19)15-38-24-11-20(36-2)12-25-22(24)13-26(39-25)23-14-34-28(32-23)40-29(33-34)37-3/h4-14H,15H2,1-3H3,(H,31,35). The summed E-state index contributed by atoms with van der Waals surface area (Å²) in [6, 6.07) is 16.9. The van der Waals surface area contributed by atoms with E-state index in [4.69, 9.17) is 18.6 Å². The van der Waals surface area contributed by atoms with Crippen molar-refractivity contribution in [2.24, 2.45) is 0 Å². The number of aryl methyl sites for hydroxylation is 1. The number of aromatic nitrogens is 3. The van der Waals surface area contributed by atoms with Gasteiger partial charge >= 0.3 is 0 Å². The van der Waals surface area contributed by atoms with E-state index in [2.05, 4.69) is 15.4 Å². The van der Waals surface area contributed by atoms with Crippen LogP contribution in [0.15, 0.2) is 71.3 Å². The third-order valence-corrected chi connectivity index (χ3v) is 7.17. The van der Waals surface area contributed by atoms with Crippen molar-refractivity contribution in [3.63, 3.8) is 0 Å². The number of anilines is 1. The first-order valence-corrected chi connectivity index (χ1v) is 13.0. The van der Waals surface area contributed by atoms with E-state index >= 15 is 0 Å². The van der Waals surface area contributed by atoms with Crippen molar-refractivity contribution >= 4 is 38.9 Å². The van der Waals surface area contributed by atoms with E-state index in [9.17, 15) is 9.18 Å². The number of amides is 1. The highest BCUT2D eigenvalue weighted by Gasteiger charge is 2.17. The van der Waals surface area contributed by atoms with E-state index in [0.29, 0.717) is 49.9 Å². The van der Waals surface area contributed by atoms with Gasteiger partial charge in [-0.3, -0.25) is 4.79 Å². The first kappa shape index (κ1) is 25.4. The van der Waals surface area contributed by atoms with Crippen molar-refractivity contribution in [2.45, 2.75) is 13.5 Å². The third-order valence-electron chi connectivity index (χ3n) is 6.28. The maximum Gasteiger partial charge on any atom is 0.294 e. The van der Waals surface area contributed by atoms with E-state index in [1.54, 1.807) is 56.1 Å². The molecule has 0 saturated carbocycles. The second-order valence-electron chi connectivity index (χ2n) is 8.98. The van der Waals surface area contributed by atoms with Crippen LogP contribution < -0.4 is 19.5 Å². The maximum atomic E-state index is 13.7. The zero-order valence-corrected chi connectivity index (χ0v) is 22.5. The number of rotatable bonds is 8. The molecular formula is C29H23FN4O5S. The molecule has 0 bridgehead atoms. The first-order chi connectivity index (χ1) is 19.4. The Morgan fingerprint density at radius 1 is 1.10 bits per heavy atom. The van der Waals surface area contributed by atoms with Crippen LogP contribution in [-0.4, -0.2) is 34.7 Å². The van der Waals surface area contributed by atoms with Gasteiger partial charge in [0.05, 0.1) is 25.8 Å². The van der Waals surface area contributed by atoms with Crippen LogP contribution in [0.5, 0.6) is 16.7 Å². The van der Waals surface area contributed by atoms with E-state index in [1.165, 1.54) is 23.5 Å². The van der Waals surface area contributed by atoms with Gasteiger partial charge in [0.1, 0.15) is 35.2 Å².